The van der Waals surface area contributed by atoms with Gasteiger partial charge in [-0.2, -0.15) is 0 Å². The van der Waals surface area contributed by atoms with E-state index in [9.17, 15) is 24.9 Å². The first-order valence-electron chi connectivity index (χ1n) is 10.1. The van der Waals surface area contributed by atoms with Crippen LogP contribution in [0.1, 0.15) is 46.5 Å². The van der Waals surface area contributed by atoms with Gasteiger partial charge in [0.15, 0.2) is 17.2 Å². The summed E-state index contributed by atoms with van der Waals surface area (Å²) < 4.78 is 16.9. The van der Waals surface area contributed by atoms with Crippen LogP contribution in [0.2, 0.25) is 0 Å². The lowest BCUT2D eigenvalue weighted by Gasteiger charge is -2.62. The number of rotatable bonds is 2. The molecule has 154 valence electrons. The highest BCUT2D eigenvalue weighted by atomic mass is 19.1. The van der Waals surface area contributed by atoms with Crippen molar-refractivity contribution in [1.82, 2.24) is 0 Å². The number of fused-ring (bicyclic) bond motifs is 5. The van der Waals surface area contributed by atoms with Gasteiger partial charge in [-0.15, -0.1) is 0 Å². The van der Waals surface area contributed by atoms with Crippen LogP contribution in [-0.4, -0.2) is 50.9 Å². The summed E-state index contributed by atoms with van der Waals surface area (Å²) in [5.74, 6) is -2.12. The van der Waals surface area contributed by atoms with Crippen LogP contribution >= 0.6 is 0 Å². The van der Waals surface area contributed by atoms with Crippen molar-refractivity contribution in [3.05, 3.63) is 23.8 Å². The second kappa shape index (κ2) is 5.83. The quantitative estimate of drug-likeness (QED) is 0.667. The van der Waals surface area contributed by atoms with Crippen molar-refractivity contribution in [2.75, 3.05) is 6.61 Å². The van der Waals surface area contributed by atoms with Gasteiger partial charge in [-0.3, -0.25) is 9.59 Å². The van der Waals surface area contributed by atoms with Crippen LogP contribution in [0.25, 0.3) is 0 Å². The monoisotopic (exact) mass is 392 g/mol. The number of Topliss-reactive ketones (excluding diaryl/α,β-unsaturated/α-hetero) is 1. The van der Waals surface area contributed by atoms with Crippen LogP contribution < -0.4 is 0 Å². The molecular formula is C22H29FO5. The Morgan fingerprint density at radius 3 is 2.64 bits per heavy atom. The Labute approximate surface area is 164 Å². The highest BCUT2D eigenvalue weighted by Crippen LogP contribution is 2.70. The Kier molecular flexibility index (Phi) is 4.15. The minimum absolute atomic E-state index is 0.0676. The molecule has 0 aromatic rings. The highest BCUT2D eigenvalue weighted by Gasteiger charge is 2.75. The Morgan fingerprint density at radius 2 is 2.00 bits per heavy atom. The zero-order chi connectivity index (χ0) is 20.7. The van der Waals surface area contributed by atoms with E-state index < -0.39 is 52.4 Å². The number of hydrogen-bond acceptors (Lipinski definition) is 5. The Bertz CT molecular complexity index is 805. The van der Waals surface area contributed by atoms with Gasteiger partial charge in [0.25, 0.3) is 0 Å². The van der Waals surface area contributed by atoms with E-state index in [1.807, 2.05) is 0 Å². The van der Waals surface area contributed by atoms with Crippen LogP contribution in [0.4, 0.5) is 4.39 Å². The fourth-order valence-electron chi connectivity index (χ4n) is 7.26. The summed E-state index contributed by atoms with van der Waals surface area (Å²) in [4.78, 5) is 24.4. The van der Waals surface area contributed by atoms with Crippen LogP contribution in [0.3, 0.4) is 0 Å². The summed E-state index contributed by atoms with van der Waals surface area (Å²) in [7, 11) is 0. The molecular weight excluding hydrogens is 363 g/mol. The van der Waals surface area contributed by atoms with E-state index in [-0.39, 0.29) is 18.1 Å². The second-order valence-corrected chi connectivity index (χ2v) is 9.75. The molecule has 3 fully saturated rings. The van der Waals surface area contributed by atoms with E-state index in [1.54, 1.807) is 26.8 Å². The molecule has 6 heteroatoms. The molecule has 0 spiro atoms. The molecule has 3 N–H and O–H groups in total. The molecule has 4 aliphatic carbocycles. The largest absolute Gasteiger partial charge is 0.390 e. The number of aliphatic hydroxyl groups excluding tert-OH is 2. The van der Waals surface area contributed by atoms with Crippen LogP contribution in [-0.2, 0) is 9.59 Å². The van der Waals surface area contributed by atoms with Gasteiger partial charge >= 0.3 is 0 Å². The topological polar surface area (TPSA) is 94.8 Å². The number of allylic oxidation sites excluding steroid dienone is 4. The van der Waals surface area contributed by atoms with Gasteiger partial charge in [0.2, 0.25) is 0 Å². The molecule has 0 heterocycles. The van der Waals surface area contributed by atoms with Gasteiger partial charge in [-0.05, 0) is 56.6 Å². The maximum atomic E-state index is 16.9. The first kappa shape index (κ1) is 19.9. The van der Waals surface area contributed by atoms with Crippen molar-refractivity contribution < 1.29 is 29.3 Å². The molecule has 0 saturated heterocycles. The summed E-state index contributed by atoms with van der Waals surface area (Å²) in [6.07, 6.45) is 4.44. The third-order valence-electron chi connectivity index (χ3n) is 8.79. The summed E-state index contributed by atoms with van der Waals surface area (Å²) >= 11 is 0. The minimum atomic E-state index is -1.98. The molecule has 0 amide bonds. The molecule has 0 aromatic heterocycles. The first-order chi connectivity index (χ1) is 13.0. The maximum Gasteiger partial charge on any atom is 0.190 e. The third-order valence-corrected chi connectivity index (χ3v) is 8.79. The Morgan fingerprint density at radius 1 is 1.32 bits per heavy atom. The van der Waals surface area contributed by atoms with Crippen molar-refractivity contribution in [1.29, 1.82) is 0 Å². The average molecular weight is 392 g/mol. The molecule has 0 radical (unpaired) electrons. The lowest BCUT2D eigenvalue weighted by atomic mass is 9.44. The molecule has 0 aromatic carbocycles. The van der Waals surface area contributed by atoms with Crippen molar-refractivity contribution in [2.24, 2.45) is 28.6 Å². The minimum Gasteiger partial charge on any atom is -0.390 e. The second-order valence-electron chi connectivity index (χ2n) is 9.75. The van der Waals surface area contributed by atoms with Crippen LogP contribution in [0.15, 0.2) is 23.8 Å². The number of carbonyl (C=O) groups is 2. The molecule has 3 saturated carbocycles. The van der Waals surface area contributed by atoms with Gasteiger partial charge in [-0.25, -0.2) is 4.39 Å². The first-order valence-corrected chi connectivity index (χ1v) is 10.1. The molecule has 2 unspecified atom stereocenters. The molecule has 0 aliphatic heterocycles. The molecule has 4 aliphatic rings. The number of hydrogen-bond donors (Lipinski definition) is 3. The SMILES string of the molecule is C[C@@H]1C[C@H]2[C@@H]3CCC4=CC(=O)C=C[C@]4(C)C3(F)C(O)C[C@]2(C)[C@@]1(O)C(=O)CO. The van der Waals surface area contributed by atoms with Gasteiger partial charge in [-0.1, -0.05) is 25.5 Å². The maximum absolute atomic E-state index is 16.9. The molecule has 5 nitrogen and oxygen atoms in total. The number of aliphatic hydroxyl groups is 3. The Hall–Kier alpha value is -1.37. The smallest absolute Gasteiger partial charge is 0.190 e. The van der Waals surface area contributed by atoms with E-state index in [0.29, 0.717) is 24.8 Å². The van der Waals surface area contributed by atoms with E-state index in [2.05, 4.69) is 0 Å². The van der Waals surface area contributed by atoms with Crippen molar-refractivity contribution in [3.63, 3.8) is 0 Å². The van der Waals surface area contributed by atoms with Gasteiger partial charge in [0.1, 0.15) is 12.2 Å². The van der Waals surface area contributed by atoms with Crippen LogP contribution in [0, 0.1) is 28.6 Å². The van der Waals surface area contributed by atoms with Gasteiger partial charge in [0.05, 0.1) is 6.10 Å². The molecule has 0 bridgehead atoms. The predicted molar refractivity (Wildman–Crippen MR) is 99.9 cm³/mol. The van der Waals surface area contributed by atoms with E-state index >= 15 is 4.39 Å². The van der Waals surface area contributed by atoms with Gasteiger partial charge < -0.3 is 15.3 Å². The zero-order valence-corrected chi connectivity index (χ0v) is 16.6. The fourth-order valence-corrected chi connectivity index (χ4v) is 7.26. The average Bonchev–Trinajstić information content (AvgIpc) is 2.84. The molecule has 8 atom stereocenters. The summed E-state index contributed by atoms with van der Waals surface area (Å²) in [6, 6.07) is 0. The zero-order valence-electron chi connectivity index (χ0n) is 16.6. The number of halogens is 1. The Balaban J connectivity index is 1.84. The lowest BCUT2D eigenvalue weighted by molar-refractivity contribution is -0.219. The van der Waals surface area contributed by atoms with Crippen molar-refractivity contribution >= 4 is 11.6 Å². The van der Waals surface area contributed by atoms with Crippen molar-refractivity contribution in [2.45, 2.75) is 63.8 Å². The van der Waals surface area contributed by atoms with E-state index in [4.69, 9.17) is 0 Å². The summed E-state index contributed by atoms with van der Waals surface area (Å²) in [5, 5.41) is 32.0. The van der Waals surface area contributed by atoms with Crippen LogP contribution in [0.5, 0.6) is 0 Å². The normalized spacial score (nSPS) is 52.5. The van der Waals surface area contributed by atoms with E-state index in [0.717, 1.165) is 0 Å². The number of alkyl halides is 1. The third kappa shape index (κ3) is 2.01. The van der Waals surface area contributed by atoms with Crippen molar-refractivity contribution in [3.8, 4) is 0 Å². The summed E-state index contributed by atoms with van der Waals surface area (Å²) in [6.45, 7) is 4.48. The standard InChI is InChI=1S/C22H29FO5/c1-12-8-16-15-5-4-13-9-14(25)6-7-19(13,2)21(15,23)17(26)10-20(16,3)22(12,28)18(27)11-24/h6-7,9,12,15-17,24,26,28H,4-5,8,10-11H2,1-3H3/t12-,15+,16+,17?,19+,20+,21?,22+/m1/s1. The lowest BCUT2D eigenvalue weighted by Crippen LogP contribution is -2.69. The molecule has 4 rings (SSSR count). The highest BCUT2D eigenvalue weighted by molar-refractivity contribution is 6.01. The fraction of sp³-hybridized carbons (Fsp3) is 0.727. The number of ketones is 2. The predicted octanol–water partition coefficient (Wildman–Crippen LogP) is 1.90. The van der Waals surface area contributed by atoms with E-state index in [1.165, 1.54) is 12.2 Å². The van der Waals surface area contributed by atoms with Gasteiger partial charge in [0, 0.05) is 16.7 Å². The molecule has 28 heavy (non-hydrogen) atoms. The number of carbonyl (C=O) groups excluding carboxylic acids is 2. The summed E-state index contributed by atoms with van der Waals surface area (Å²) in [5.41, 5.74) is -5.17.